The van der Waals surface area contributed by atoms with E-state index in [9.17, 15) is 4.79 Å². The van der Waals surface area contributed by atoms with E-state index in [1.165, 1.54) is 0 Å². The Labute approximate surface area is 105 Å². The van der Waals surface area contributed by atoms with Crippen LogP contribution in [-0.2, 0) is 9.53 Å². The van der Waals surface area contributed by atoms with Crippen LogP contribution in [0.1, 0.15) is 40.0 Å². The molecule has 2 atom stereocenters. The summed E-state index contributed by atoms with van der Waals surface area (Å²) in [5.41, 5.74) is 5.69. The van der Waals surface area contributed by atoms with Gasteiger partial charge in [0.2, 0.25) is 5.91 Å². The molecule has 2 unspecified atom stereocenters. The Morgan fingerprint density at radius 1 is 1.35 bits per heavy atom. The minimum Gasteiger partial charge on any atom is -0.383 e. The SMILES string of the molecule is CCN(CCOC)C(=O)C(C)CCCC(C)N. The summed E-state index contributed by atoms with van der Waals surface area (Å²) < 4.78 is 5.01. The van der Waals surface area contributed by atoms with Crippen molar-refractivity contribution in [2.75, 3.05) is 26.8 Å². The maximum Gasteiger partial charge on any atom is 0.225 e. The topological polar surface area (TPSA) is 55.6 Å². The fourth-order valence-corrected chi connectivity index (χ4v) is 1.81. The van der Waals surface area contributed by atoms with E-state index in [-0.39, 0.29) is 17.9 Å². The van der Waals surface area contributed by atoms with E-state index < -0.39 is 0 Å². The van der Waals surface area contributed by atoms with Gasteiger partial charge < -0.3 is 15.4 Å². The number of ether oxygens (including phenoxy) is 1. The van der Waals surface area contributed by atoms with Crippen molar-refractivity contribution in [3.8, 4) is 0 Å². The van der Waals surface area contributed by atoms with Crippen LogP contribution in [0.2, 0.25) is 0 Å². The molecule has 0 spiro atoms. The van der Waals surface area contributed by atoms with E-state index in [4.69, 9.17) is 10.5 Å². The van der Waals surface area contributed by atoms with Crippen LogP contribution in [0.3, 0.4) is 0 Å². The number of methoxy groups -OCH3 is 1. The average molecular weight is 244 g/mol. The lowest BCUT2D eigenvalue weighted by Gasteiger charge is -2.24. The fourth-order valence-electron chi connectivity index (χ4n) is 1.81. The molecule has 0 heterocycles. The first-order valence-electron chi connectivity index (χ1n) is 6.56. The zero-order valence-electron chi connectivity index (χ0n) is 11.7. The molecule has 4 heteroatoms. The molecule has 2 N–H and O–H groups in total. The average Bonchev–Trinajstić information content (AvgIpc) is 2.29. The van der Waals surface area contributed by atoms with Gasteiger partial charge in [-0.15, -0.1) is 0 Å². The van der Waals surface area contributed by atoms with Crippen molar-refractivity contribution in [2.24, 2.45) is 11.7 Å². The summed E-state index contributed by atoms with van der Waals surface area (Å²) in [6.45, 7) is 8.04. The van der Waals surface area contributed by atoms with E-state index in [1.807, 2.05) is 25.7 Å². The van der Waals surface area contributed by atoms with Gasteiger partial charge in [0.05, 0.1) is 6.61 Å². The molecule has 4 nitrogen and oxygen atoms in total. The van der Waals surface area contributed by atoms with Crippen LogP contribution < -0.4 is 5.73 Å². The molecular weight excluding hydrogens is 216 g/mol. The first kappa shape index (κ1) is 16.4. The Morgan fingerprint density at radius 2 is 2.00 bits per heavy atom. The van der Waals surface area contributed by atoms with E-state index in [0.717, 1.165) is 25.8 Å². The largest absolute Gasteiger partial charge is 0.383 e. The number of carbonyl (C=O) groups excluding carboxylic acids is 1. The second kappa shape index (κ2) is 9.42. The number of amides is 1. The standard InChI is InChI=1S/C13H28N2O2/c1-5-15(9-10-17-4)13(16)11(2)7-6-8-12(3)14/h11-12H,5-10,14H2,1-4H3. The molecule has 1 amide bonds. The van der Waals surface area contributed by atoms with Crippen molar-refractivity contribution in [1.82, 2.24) is 4.90 Å². The Kier molecular flexibility index (Phi) is 9.09. The minimum absolute atomic E-state index is 0.0885. The fraction of sp³-hybridized carbons (Fsp3) is 0.923. The smallest absolute Gasteiger partial charge is 0.225 e. The number of hydrogen-bond donors (Lipinski definition) is 1. The number of likely N-dealkylation sites (N-methyl/N-ethyl adjacent to an activating group) is 1. The first-order chi connectivity index (χ1) is 8.02. The molecule has 0 aromatic carbocycles. The van der Waals surface area contributed by atoms with E-state index in [1.54, 1.807) is 7.11 Å². The highest BCUT2D eigenvalue weighted by atomic mass is 16.5. The van der Waals surface area contributed by atoms with E-state index in [2.05, 4.69) is 0 Å². The van der Waals surface area contributed by atoms with Gasteiger partial charge >= 0.3 is 0 Å². The molecule has 0 bridgehead atoms. The summed E-state index contributed by atoms with van der Waals surface area (Å²) in [5, 5.41) is 0. The van der Waals surface area contributed by atoms with Crippen molar-refractivity contribution in [2.45, 2.75) is 46.1 Å². The lowest BCUT2D eigenvalue weighted by atomic mass is 10.0. The Hall–Kier alpha value is -0.610. The molecule has 0 saturated heterocycles. The maximum atomic E-state index is 12.1. The summed E-state index contributed by atoms with van der Waals surface area (Å²) in [6, 6.07) is 0.230. The summed E-state index contributed by atoms with van der Waals surface area (Å²) in [4.78, 5) is 14.0. The first-order valence-corrected chi connectivity index (χ1v) is 6.56. The van der Waals surface area contributed by atoms with Crippen molar-refractivity contribution in [1.29, 1.82) is 0 Å². The zero-order chi connectivity index (χ0) is 13.3. The predicted octanol–water partition coefficient (Wildman–Crippen LogP) is 1.63. The van der Waals surface area contributed by atoms with Gasteiger partial charge in [-0.2, -0.15) is 0 Å². The molecule has 0 fully saturated rings. The van der Waals surface area contributed by atoms with Crippen LogP contribution in [0.15, 0.2) is 0 Å². The van der Waals surface area contributed by atoms with Crippen molar-refractivity contribution in [3.05, 3.63) is 0 Å². The van der Waals surface area contributed by atoms with E-state index >= 15 is 0 Å². The van der Waals surface area contributed by atoms with Crippen molar-refractivity contribution >= 4 is 5.91 Å². The summed E-state index contributed by atoms with van der Waals surface area (Å²) >= 11 is 0. The number of nitrogens with zero attached hydrogens (tertiary/aromatic N) is 1. The highest BCUT2D eigenvalue weighted by molar-refractivity contribution is 5.78. The number of nitrogens with two attached hydrogens (primary N) is 1. The molecule has 0 saturated carbocycles. The predicted molar refractivity (Wildman–Crippen MR) is 70.8 cm³/mol. The number of carbonyl (C=O) groups is 1. The third-order valence-electron chi connectivity index (χ3n) is 2.98. The molecular formula is C13H28N2O2. The molecule has 0 aromatic heterocycles. The zero-order valence-corrected chi connectivity index (χ0v) is 11.7. The Balaban J connectivity index is 3.98. The Morgan fingerprint density at radius 3 is 2.47 bits per heavy atom. The van der Waals surface area contributed by atoms with Gasteiger partial charge in [0, 0.05) is 32.2 Å². The van der Waals surface area contributed by atoms with Crippen LogP contribution >= 0.6 is 0 Å². The molecule has 102 valence electrons. The van der Waals surface area contributed by atoms with Gasteiger partial charge in [-0.3, -0.25) is 4.79 Å². The summed E-state index contributed by atoms with van der Waals surface area (Å²) in [7, 11) is 1.66. The molecule has 0 aliphatic heterocycles. The molecule has 0 aromatic rings. The highest BCUT2D eigenvalue weighted by Gasteiger charge is 2.18. The molecule has 0 rings (SSSR count). The second-order valence-electron chi connectivity index (χ2n) is 4.72. The lowest BCUT2D eigenvalue weighted by Crippen LogP contribution is -2.37. The number of rotatable bonds is 9. The third-order valence-corrected chi connectivity index (χ3v) is 2.98. The van der Waals surface area contributed by atoms with Crippen LogP contribution in [0.4, 0.5) is 0 Å². The second-order valence-corrected chi connectivity index (χ2v) is 4.72. The number of hydrogen-bond acceptors (Lipinski definition) is 3. The monoisotopic (exact) mass is 244 g/mol. The summed E-state index contributed by atoms with van der Waals surface area (Å²) in [6.07, 6.45) is 2.93. The van der Waals surface area contributed by atoms with Crippen LogP contribution in [0.25, 0.3) is 0 Å². The minimum atomic E-state index is 0.0885. The lowest BCUT2D eigenvalue weighted by molar-refractivity contribution is -0.135. The van der Waals surface area contributed by atoms with Gasteiger partial charge in [-0.25, -0.2) is 0 Å². The van der Waals surface area contributed by atoms with Gasteiger partial charge in [0.15, 0.2) is 0 Å². The van der Waals surface area contributed by atoms with Gasteiger partial charge in [0.25, 0.3) is 0 Å². The molecule has 17 heavy (non-hydrogen) atoms. The third kappa shape index (κ3) is 7.34. The van der Waals surface area contributed by atoms with E-state index in [0.29, 0.717) is 13.2 Å². The Bertz CT molecular complexity index is 208. The summed E-state index contributed by atoms with van der Waals surface area (Å²) in [5.74, 6) is 0.319. The quantitative estimate of drug-likeness (QED) is 0.671. The molecule has 0 aliphatic rings. The normalized spacial score (nSPS) is 14.4. The van der Waals surface area contributed by atoms with Gasteiger partial charge in [0.1, 0.15) is 0 Å². The molecule has 0 aliphatic carbocycles. The molecule has 0 radical (unpaired) electrons. The van der Waals surface area contributed by atoms with Gasteiger partial charge in [-0.1, -0.05) is 13.3 Å². The van der Waals surface area contributed by atoms with Crippen LogP contribution in [0, 0.1) is 5.92 Å². The van der Waals surface area contributed by atoms with Crippen molar-refractivity contribution in [3.63, 3.8) is 0 Å². The maximum absolute atomic E-state index is 12.1. The van der Waals surface area contributed by atoms with Crippen LogP contribution in [0.5, 0.6) is 0 Å². The van der Waals surface area contributed by atoms with Gasteiger partial charge in [-0.05, 0) is 26.7 Å². The highest BCUT2D eigenvalue weighted by Crippen LogP contribution is 2.12. The van der Waals surface area contributed by atoms with Crippen molar-refractivity contribution < 1.29 is 9.53 Å². The van der Waals surface area contributed by atoms with Crippen LogP contribution in [-0.4, -0.2) is 43.7 Å².